The van der Waals surface area contributed by atoms with Gasteiger partial charge in [0.15, 0.2) is 0 Å². The number of halogens is 3. The summed E-state index contributed by atoms with van der Waals surface area (Å²) >= 11 is 17.1. The monoisotopic (exact) mass is 291 g/mol. The van der Waals surface area contributed by atoms with Gasteiger partial charge in [0.05, 0.1) is 16.0 Å². The maximum atomic E-state index is 11.7. The zero-order chi connectivity index (χ0) is 12.6. The summed E-state index contributed by atoms with van der Waals surface area (Å²) < 4.78 is 0. The zero-order valence-electron chi connectivity index (χ0n) is 8.62. The van der Waals surface area contributed by atoms with Crippen LogP contribution in [0.5, 0.6) is 0 Å². The van der Waals surface area contributed by atoms with E-state index in [4.69, 9.17) is 34.8 Å². The maximum Gasteiger partial charge on any atom is 0.227 e. The summed E-state index contributed by atoms with van der Waals surface area (Å²) in [5.41, 5.74) is 0.629. The fraction of sp³-hybridized carbons (Fsp3) is 0.273. The Morgan fingerprint density at radius 1 is 1.29 bits per heavy atom. The molecule has 3 nitrogen and oxygen atoms in total. The van der Waals surface area contributed by atoms with Crippen LogP contribution in [0.1, 0.15) is 6.42 Å². The van der Waals surface area contributed by atoms with Crippen LogP contribution >= 0.6 is 34.8 Å². The Kier molecular flexibility index (Phi) is 3.61. The third kappa shape index (κ3) is 2.57. The normalized spacial score (nSPS) is 19.8. The molecule has 1 aromatic rings. The Labute approximate surface area is 113 Å². The van der Waals surface area contributed by atoms with Crippen molar-refractivity contribution in [3.8, 4) is 0 Å². The molecule has 0 unspecified atom stereocenters. The predicted molar refractivity (Wildman–Crippen MR) is 67.8 cm³/mol. The van der Waals surface area contributed by atoms with E-state index in [-0.39, 0.29) is 12.3 Å². The minimum Gasteiger partial charge on any atom is -0.312 e. The van der Waals surface area contributed by atoms with Crippen molar-refractivity contribution in [3.63, 3.8) is 0 Å². The lowest BCUT2D eigenvalue weighted by Gasteiger charge is -2.16. The van der Waals surface area contributed by atoms with Gasteiger partial charge >= 0.3 is 0 Å². The number of amides is 1. The van der Waals surface area contributed by atoms with E-state index in [2.05, 4.69) is 0 Å². The van der Waals surface area contributed by atoms with Crippen molar-refractivity contribution in [3.05, 3.63) is 28.2 Å². The number of carbonyl (C=O) groups excluding carboxylic acids is 2. The molecule has 0 radical (unpaired) electrons. The lowest BCUT2D eigenvalue weighted by atomic mass is 10.1. The van der Waals surface area contributed by atoms with Crippen molar-refractivity contribution in [2.24, 2.45) is 5.92 Å². The fourth-order valence-corrected chi connectivity index (χ4v) is 2.20. The van der Waals surface area contributed by atoms with Gasteiger partial charge in [-0.2, -0.15) is 0 Å². The van der Waals surface area contributed by atoms with E-state index in [9.17, 15) is 9.59 Å². The molecule has 0 aliphatic carbocycles. The van der Waals surface area contributed by atoms with E-state index in [1.54, 1.807) is 18.2 Å². The van der Waals surface area contributed by atoms with Gasteiger partial charge in [-0.3, -0.25) is 9.59 Å². The second-order valence-corrected chi connectivity index (χ2v) is 4.99. The minimum absolute atomic E-state index is 0.137. The number of anilines is 1. The van der Waals surface area contributed by atoms with Crippen LogP contribution in [0.25, 0.3) is 0 Å². The van der Waals surface area contributed by atoms with Crippen LogP contribution in [-0.2, 0) is 9.59 Å². The molecular formula is C11H8Cl3NO2. The van der Waals surface area contributed by atoms with Crippen LogP contribution in [0.3, 0.4) is 0 Å². The Morgan fingerprint density at radius 2 is 2.00 bits per heavy atom. The summed E-state index contributed by atoms with van der Waals surface area (Å²) in [7, 11) is 0. The van der Waals surface area contributed by atoms with Gasteiger partial charge in [0.25, 0.3) is 0 Å². The molecule has 0 bridgehead atoms. The van der Waals surface area contributed by atoms with E-state index in [1.165, 1.54) is 4.90 Å². The van der Waals surface area contributed by atoms with E-state index < -0.39 is 11.2 Å². The van der Waals surface area contributed by atoms with Gasteiger partial charge in [0, 0.05) is 18.7 Å². The molecular weight excluding hydrogens is 284 g/mol. The van der Waals surface area contributed by atoms with Crippen LogP contribution in [-0.4, -0.2) is 17.7 Å². The Hall–Kier alpha value is -0.770. The first kappa shape index (κ1) is 12.7. The Balaban J connectivity index is 2.26. The smallest absolute Gasteiger partial charge is 0.227 e. The van der Waals surface area contributed by atoms with Crippen molar-refractivity contribution in [1.29, 1.82) is 0 Å². The quantitative estimate of drug-likeness (QED) is 0.785. The minimum atomic E-state index is -0.485. The fourth-order valence-electron chi connectivity index (χ4n) is 1.76. The Morgan fingerprint density at radius 3 is 2.53 bits per heavy atom. The van der Waals surface area contributed by atoms with Gasteiger partial charge < -0.3 is 4.90 Å². The molecule has 0 aromatic heterocycles. The molecule has 90 valence electrons. The Bertz CT molecular complexity index is 490. The van der Waals surface area contributed by atoms with E-state index in [0.717, 1.165) is 0 Å². The van der Waals surface area contributed by atoms with Gasteiger partial charge in [-0.05, 0) is 29.8 Å². The van der Waals surface area contributed by atoms with Crippen LogP contribution in [0.15, 0.2) is 18.2 Å². The third-order valence-electron chi connectivity index (χ3n) is 2.66. The van der Waals surface area contributed by atoms with Crippen LogP contribution < -0.4 is 4.90 Å². The molecule has 0 spiro atoms. The maximum absolute atomic E-state index is 11.7. The lowest BCUT2D eigenvalue weighted by molar-refractivity contribution is -0.120. The van der Waals surface area contributed by atoms with Crippen LogP contribution in [0.2, 0.25) is 10.0 Å². The summed E-state index contributed by atoms with van der Waals surface area (Å²) in [5, 5.41) is 0.311. The van der Waals surface area contributed by atoms with Gasteiger partial charge in [-0.25, -0.2) is 0 Å². The standard InChI is InChI=1S/C11H8Cl3NO2/c12-8-2-1-7(4-9(8)13)15-5-6(11(14)17)3-10(15)16/h1-2,4,6H,3,5H2/t6-/m1/s1. The number of rotatable bonds is 2. The van der Waals surface area contributed by atoms with Crippen LogP contribution in [0.4, 0.5) is 5.69 Å². The molecule has 17 heavy (non-hydrogen) atoms. The van der Waals surface area contributed by atoms with E-state index in [1.807, 2.05) is 0 Å². The molecule has 2 rings (SSSR count). The number of carbonyl (C=O) groups is 2. The second-order valence-electron chi connectivity index (χ2n) is 3.81. The van der Waals surface area contributed by atoms with Crippen molar-refractivity contribution in [2.75, 3.05) is 11.4 Å². The molecule has 1 heterocycles. The van der Waals surface area contributed by atoms with Crippen molar-refractivity contribution >= 4 is 51.6 Å². The van der Waals surface area contributed by atoms with E-state index >= 15 is 0 Å². The molecule has 0 N–H and O–H groups in total. The van der Waals surface area contributed by atoms with Gasteiger partial charge in [-0.15, -0.1) is 0 Å². The molecule has 1 saturated heterocycles. The number of benzene rings is 1. The largest absolute Gasteiger partial charge is 0.312 e. The summed E-state index contributed by atoms with van der Waals surface area (Å²) in [5.74, 6) is -0.582. The molecule has 1 aliphatic rings. The summed E-state index contributed by atoms with van der Waals surface area (Å²) in [4.78, 5) is 24.2. The molecule has 1 amide bonds. The summed E-state index contributed by atoms with van der Waals surface area (Å²) in [6.45, 7) is 0.291. The average molecular weight is 293 g/mol. The first-order chi connectivity index (χ1) is 7.99. The lowest BCUT2D eigenvalue weighted by Crippen LogP contribution is -2.25. The molecule has 6 heteroatoms. The molecule has 1 atom stereocenters. The highest BCUT2D eigenvalue weighted by atomic mass is 35.5. The zero-order valence-corrected chi connectivity index (χ0v) is 10.9. The number of hydrogen-bond acceptors (Lipinski definition) is 2. The van der Waals surface area contributed by atoms with Crippen molar-refractivity contribution < 1.29 is 9.59 Å². The van der Waals surface area contributed by atoms with Gasteiger partial charge in [-0.1, -0.05) is 23.2 Å². The highest BCUT2D eigenvalue weighted by Gasteiger charge is 2.34. The highest BCUT2D eigenvalue weighted by molar-refractivity contribution is 6.64. The van der Waals surface area contributed by atoms with E-state index in [0.29, 0.717) is 22.3 Å². The van der Waals surface area contributed by atoms with Gasteiger partial charge in [0.1, 0.15) is 0 Å². The molecule has 1 aromatic carbocycles. The van der Waals surface area contributed by atoms with Crippen molar-refractivity contribution in [1.82, 2.24) is 0 Å². The summed E-state index contributed by atoms with van der Waals surface area (Å²) in [6, 6.07) is 4.90. The molecule has 1 fully saturated rings. The first-order valence-corrected chi connectivity index (χ1v) is 6.07. The number of hydrogen-bond donors (Lipinski definition) is 0. The molecule has 0 saturated carbocycles. The second kappa shape index (κ2) is 4.84. The van der Waals surface area contributed by atoms with Crippen LogP contribution in [0, 0.1) is 5.92 Å². The first-order valence-electron chi connectivity index (χ1n) is 4.94. The van der Waals surface area contributed by atoms with Crippen molar-refractivity contribution in [2.45, 2.75) is 6.42 Å². The average Bonchev–Trinajstić information content (AvgIpc) is 2.65. The third-order valence-corrected chi connectivity index (χ3v) is 3.71. The topological polar surface area (TPSA) is 37.4 Å². The number of nitrogens with zero attached hydrogens (tertiary/aromatic N) is 1. The SMILES string of the molecule is O=C(Cl)[C@@H]1CC(=O)N(c2ccc(Cl)c(Cl)c2)C1. The highest BCUT2D eigenvalue weighted by Crippen LogP contribution is 2.31. The summed E-state index contributed by atoms with van der Waals surface area (Å²) in [6.07, 6.45) is 0.141. The van der Waals surface area contributed by atoms with Gasteiger partial charge in [0.2, 0.25) is 11.1 Å². The molecule has 1 aliphatic heterocycles. The predicted octanol–water partition coefficient (Wildman–Crippen LogP) is 3.11.